The minimum absolute atomic E-state index is 0.181. The number of hydrogen-bond donors (Lipinski definition) is 1. The van der Waals surface area contributed by atoms with Crippen molar-refractivity contribution in [3.05, 3.63) is 23.0 Å². The van der Waals surface area contributed by atoms with Gasteiger partial charge in [-0.3, -0.25) is 0 Å². The lowest BCUT2D eigenvalue weighted by atomic mass is 10.0. The second-order valence-corrected chi connectivity index (χ2v) is 5.61. The number of halogens is 1. The van der Waals surface area contributed by atoms with Gasteiger partial charge in [-0.05, 0) is 44.4 Å². The third-order valence-electron chi connectivity index (χ3n) is 3.69. The summed E-state index contributed by atoms with van der Waals surface area (Å²) in [6.07, 6.45) is 7.66. The van der Waals surface area contributed by atoms with Gasteiger partial charge in [0.2, 0.25) is 0 Å². The fraction of sp³-hybridized carbons (Fsp3) is 0.667. The molecule has 1 aliphatic heterocycles. The summed E-state index contributed by atoms with van der Waals surface area (Å²) >= 11 is 6.13. The molecule has 0 bridgehead atoms. The van der Waals surface area contributed by atoms with Crippen LogP contribution in [0.25, 0.3) is 0 Å². The first-order valence-electron chi connectivity index (χ1n) is 7.25. The molecule has 1 aliphatic rings. The molecule has 19 heavy (non-hydrogen) atoms. The third-order valence-corrected chi connectivity index (χ3v) is 4.03. The fourth-order valence-corrected chi connectivity index (χ4v) is 2.48. The van der Waals surface area contributed by atoms with E-state index in [1.54, 1.807) is 6.20 Å². The number of aryl methyl sites for hydroxylation is 1. The number of unbranched alkanes of at least 4 members (excludes halogenated alkanes) is 2. The summed E-state index contributed by atoms with van der Waals surface area (Å²) in [4.78, 5) is 4.23. The van der Waals surface area contributed by atoms with Crippen LogP contribution in [-0.2, 0) is 6.42 Å². The van der Waals surface area contributed by atoms with Crippen molar-refractivity contribution in [1.82, 2.24) is 10.3 Å². The molecule has 0 aromatic carbocycles. The van der Waals surface area contributed by atoms with Crippen LogP contribution in [0, 0.1) is 0 Å². The number of nitrogens with zero attached hydrogens (tertiary/aromatic N) is 1. The molecule has 0 saturated carbocycles. The number of ether oxygens (including phenoxy) is 1. The molecule has 1 saturated heterocycles. The van der Waals surface area contributed by atoms with Crippen molar-refractivity contribution < 1.29 is 4.74 Å². The van der Waals surface area contributed by atoms with Gasteiger partial charge in [-0.15, -0.1) is 0 Å². The maximum Gasteiger partial charge on any atom is 0.138 e. The van der Waals surface area contributed by atoms with Crippen molar-refractivity contribution in [2.24, 2.45) is 0 Å². The van der Waals surface area contributed by atoms with E-state index >= 15 is 0 Å². The van der Waals surface area contributed by atoms with E-state index in [1.807, 2.05) is 6.07 Å². The number of aromatic nitrogens is 1. The van der Waals surface area contributed by atoms with Gasteiger partial charge in [0.05, 0.1) is 6.20 Å². The number of nitrogens with one attached hydrogen (secondary N) is 1. The predicted molar refractivity (Wildman–Crippen MR) is 79.0 cm³/mol. The normalized spacial score (nSPS) is 19.8. The zero-order chi connectivity index (χ0) is 13.7. The van der Waals surface area contributed by atoms with Crippen LogP contribution in [0.4, 0.5) is 0 Å². The minimum Gasteiger partial charge on any atom is -0.487 e. The zero-order valence-corrected chi connectivity index (χ0v) is 12.5. The molecule has 0 aliphatic carbocycles. The smallest absolute Gasteiger partial charge is 0.138 e. The van der Waals surface area contributed by atoms with Crippen LogP contribution in [0.2, 0.25) is 5.15 Å². The van der Waals surface area contributed by atoms with Gasteiger partial charge in [0.1, 0.15) is 17.0 Å². The van der Waals surface area contributed by atoms with E-state index in [0.29, 0.717) is 11.2 Å². The van der Waals surface area contributed by atoms with Gasteiger partial charge in [0.25, 0.3) is 0 Å². The third kappa shape index (κ3) is 4.08. The van der Waals surface area contributed by atoms with Crippen molar-refractivity contribution in [2.45, 2.75) is 58.1 Å². The SMILES string of the molecule is CCCCCc1cc(OC(C)[C@@H]2CCN2)cnc1Cl. The molecular formula is C15H23ClN2O. The Morgan fingerprint density at radius 1 is 1.53 bits per heavy atom. The summed E-state index contributed by atoms with van der Waals surface area (Å²) in [7, 11) is 0. The largest absolute Gasteiger partial charge is 0.487 e. The highest BCUT2D eigenvalue weighted by Gasteiger charge is 2.24. The zero-order valence-electron chi connectivity index (χ0n) is 11.8. The Morgan fingerprint density at radius 2 is 2.32 bits per heavy atom. The molecule has 2 rings (SSSR count). The summed E-state index contributed by atoms with van der Waals surface area (Å²) in [5.41, 5.74) is 1.10. The Balaban J connectivity index is 1.94. The lowest BCUT2D eigenvalue weighted by molar-refractivity contribution is 0.133. The Labute approximate surface area is 120 Å². The summed E-state index contributed by atoms with van der Waals surface area (Å²) in [6, 6.07) is 2.51. The van der Waals surface area contributed by atoms with Crippen molar-refractivity contribution in [1.29, 1.82) is 0 Å². The Bertz CT molecular complexity index is 407. The molecule has 4 heteroatoms. The Kier molecular flexibility index (Phi) is 5.46. The van der Waals surface area contributed by atoms with Crippen molar-refractivity contribution in [3.63, 3.8) is 0 Å². The standard InChI is InChI=1S/C15H23ClN2O/c1-3-4-5-6-12-9-13(10-18-15(12)16)19-11(2)14-7-8-17-14/h9-11,14,17H,3-8H2,1-2H3/t11?,14-/m0/s1. The van der Waals surface area contributed by atoms with Gasteiger partial charge in [0, 0.05) is 6.04 Å². The van der Waals surface area contributed by atoms with E-state index < -0.39 is 0 Å². The van der Waals surface area contributed by atoms with Crippen molar-refractivity contribution >= 4 is 11.6 Å². The Morgan fingerprint density at radius 3 is 2.95 bits per heavy atom. The molecule has 1 unspecified atom stereocenters. The molecule has 3 nitrogen and oxygen atoms in total. The molecule has 2 heterocycles. The quantitative estimate of drug-likeness (QED) is 0.613. The average molecular weight is 283 g/mol. The highest BCUT2D eigenvalue weighted by atomic mass is 35.5. The molecule has 1 aromatic rings. The van der Waals surface area contributed by atoms with Crippen LogP contribution in [-0.4, -0.2) is 23.7 Å². The highest BCUT2D eigenvalue weighted by molar-refractivity contribution is 6.30. The highest BCUT2D eigenvalue weighted by Crippen LogP contribution is 2.23. The van der Waals surface area contributed by atoms with E-state index in [4.69, 9.17) is 16.3 Å². The van der Waals surface area contributed by atoms with Crippen LogP contribution in [0.3, 0.4) is 0 Å². The summed E-state index contributed by atoms with van der Waals surface area (Å²) < 4.78 is 5.94. The first kappa shape index (κ1) is 14.6. The fourth-order valence-electron chi connectivity index (χ4n) is 2.29. The van der Waals surface area contributed by atoms with Gasteiger partial charge >= 0.3 is 0 Å². The molecule has 0 spiro atoms. The molecule has 106 valence electrons. The van der Waals surface area contributed by atoms with Gasteiger partial charge < -0.3 is 10.1 Å². The van der Waals surface area contributed by atoms with Crippen molar-refractivity contribution in [2.75, 3.05) is 6.54 Å². The van der Waals surface area contributed by atoms with Crippen LogP contribution >= 0.6 is 11.6 Å². The van der Waals surface area contributed by atoms with E-state index in [1.165, 1.54) is 19.3 Å². The van der Waals surface area contributed by atoms with Gasteiger partial charge in [-0.25, -0.2) is 4.98 Å². The first-order valence-corrected chi connectivity index (χ1v) is 7.63. The topological polar surface area (TPSA) is 34.1 Å². The summed E-state index contributed by atoms with van der Waals surface area (Å²) in [5, 5.41) is 3.97. The van der Waals surface area contributed by atoms with Gasteiger partial charge in [0.15, 0.2) is 0 Å². The number of rotatable bonds is 7. The maximum atomic E-state index is 6.13. The summed E-state index contributed by atoms with van der Waals surface area (Å²) in [5.74, 6) is 0.831. The van der Waals surface area contributed by atoms with E-state index in [-0.39, 0.29) is 6.10 Å². The second-order valence-electron chi connectivity index (χ2n) is 5.25. The van der Waals surface area contributed by atoms with Crippen LogP contribution < -0.4 is 10.1 Å². The van der Waals surface area contributed by atoms with Crippen LogP contribution in [0.15, 0.2) is 12.3 Å². The molecule has 2 atom stereocenters. The van der Waals surface area contributed by atoms with Gasteiger partial charge in [-0.1, -0.05) is 31.4 Å². The Hall–Kier alpha value is -0.800. The lowest BCUT2D eigenvalue weighted by Crippen LogP contribution is -2.51. The van der Waals surface area contributed by atoms with Gasteiger partial charge in [-0.2, -0.15) is 0 Å². The summed E-state index contributed by atoms with van der Waals surface area (Å²) in [6.45, 7) is 5.40. The van der Waals surface area contributed by atoms with Crippen LogP contribution in [0.1, 0.15) is 45.1 Å². The van der Waals surface area contributed by atoms with E-state index in [2.05, 4.69) is 24.1 Å². The number of hydrogen-bond acceptors (Lipinski definition) is 3. The first-order chi connectivity index (χ1) is 9.20. The molecule has 0 radical (unpaired) electrons. The molecule has 0 amide bonds. The van der Waals surface area contributed by atoms with E-state index in [9.17, 15) is 0 Å². The number of pyridine rings is 1. The van der Waals surface area contributed by atoms with Crippen molar-refractivity contribution in [3.8, 4) is 5.75 Å². The minimum atomic E-state index is 0.181. The van der Waals surface area contributed by atoms with Crippen LogP contribution in [0.5, 0.6) is 5.75 Å². The predicted octanol–water partition coefficient (Wildman–Crippen LogP) is 3.60. The molecule has 1 N–H and O–H groups in total. The average Bonchev–Trinajstić information content (AvgIpc) is 2.31. The second kappa shape index (κ2) is 7.11. The molecular weight excluding hydrogens is 260 g/mol. The maximum absolute atomic E-state index is 6.13. The van der Waals surface area contributed by atoms with E-state index in [0.717, 1.165) is 30.7 Å². The molecule has 1 fully saturated rings. The lowest BCUT2D eigenvalue weighted by Gasteiger charge is -2.33. The molecule has 1 aromatic heterocycles. The monoisotopic (exact) mass is 282 g/mol.